The Balaban J connectivity index is 2.82. The van der Waals surface area contributed by atoms with E-state index in [1.54, 1.807) is 0 Å². The zero-order valence-corrected chi connectivity index (χ0v) is 6.01. The molecule has 0 aromatic heterocycles. The van der Waals surface area contributed by atoms with Gasteiger partial charge in [0.05, 0.1) is 0 Å². The van der Waals surface area contributed by atoms with Crippen LogP contribution in [-0.2, 0) is 4.57 Å². The summed E-state index contributed by atoms with van der Waals surface area (Å²) in [5.41, 5.74) is 0. The summed E-state index contributed by atoms with van der Waals surface area (Å²) in [6, 6.07) is 0. The van der Waals surface area contributed by atoms with Gasteiger partial charge in [0.25, 0.3) is 0 Å². The van der Waals surface area contributed by atoms with E-state index < -0.39 is 7.15 Å². The maximum atomic E-state index is 10.1. The Morgan fingerprint density at radius 2 is 2.29 bits per heavy atom. The number of halogens is 1. The summed E-state index contributed by atoms with van der Waals surface area (Å²) >= 11 is 5.17. The van der Waals surface area contributed by atoms with Crippen LogP contribution in [0, 0.1) is 0 Å². The molecular weight excluding hydrogens is 130 g/mol. The largest absolute Gasteiger partial charge is 0.454 e. The number of rotatable bonds is 3. The summed E-state index contributed by atoms with van der Waals surface area (Å²) in [7, 11) is -1.38. The van der Waals surface area contributed by atoms with E-state index in [1.807, 2.05) is 0 Å². The van der Waals surface area contributed by atoms with Crippen molar-refractivity contribution in [3.63, 3.8) is 0 Å². The molecule has 42 valence electrons. The predicted octanol–water partition coefficient (Wildman–Crippen LogP) is 2.77. The second-order valence-electron chi connectivity index (χ2n) is 1.39. The van der Waals surface area contributed by atoms with Crippen molar-refractivity contribution in [3.8, 4) is 0 Å². The maximum absolute atomic E-state index is 10.1. The fourth-order valence-electron chi connectivity index (χ4n) is 0.282. The van der Waals surface area contributed by atoms with E-state index in [9.17, 15) is 4.57 Å². The molecule has 0 amide bonds. The molecule has 0 aliphatic heterocycles. The van der Waals surface area contributed by atoms with Gasteiger partial charge >= 0.3 is 7.15 Å². The van der Waals surface area contributed by atoms with Crippen LogP contribution in [0.4, 0.5) is 0 Å². The third-order valence-corrected chi connectivity index (χ3v) is 1.86. The Labute approximate surface area is 49.6 Å². The molecule has 0 aliphatic rings. The van der Waals surface area contributed by atoms with E-state index in [0.717, 1.165) is 12.8 Å². The Kier molecular flexibility index (Phi) is 4.80. The molecule has 0 saturated heterocycles. The predicted molar refractivity (Wildman–Crippen MR) is 33.2 cm³/mol. The van der Waals surface area contributed by atoms with E-state index in [4.69, 9.17) is 11.2 Å². The molecule has 0 aliphatic carbocycles. The fourth-order valence-corrected chi connectivity index (χ4v) is 1.21. The van der Waals surface area contributed by atoms with Gasteiger partial charge in [0, 0.05) is 0 Å². The van der Waals surface area contributed by atoms with Gasteiger partial charge in [-0.2, -0.15) is 0 Å². The average Bonchev–Trinajstić information content (AvgIpc) is 1.61. The normalized spacial score (nSPS) is 11.4. The summed E-state index contributed by atoms with van der Waals surface area (Å²) in [4.78, 5) is 0. The van der Waals surface area contributed by atoms with Gasteiger partial charge < -0.3 is 0 Å². The van der Waals surface area contributed by atoms with Crippen molar-refractivity contribution in [2.24, 2.45) is 0 Å². The molecule has 1 atom stereocenters. The van der Waals surface area contributed by atoms with Crippen molar-refractivity contribution in [1.82, 2.24) is 0 Å². The number of hydrogen-bond donors (Lipinski definition) is 0. The van der Waals surface area contributed by atoms with Gasteiger partial charge in [-0.15, -0.1) is 0 Å². The molecule has 7 heavy (non-hydrogen) atoms. The Bertz CT molecular complexity index is 64.7. The smallest absolute Gasteiger partial charge is 0.0652 e. The summed E-state index contributed by atoms with van der Waals surface area (Å²) in [6.45, 7) is 2.05. The fraction of sp³-hybridized carbons (Fsp3) is 1.00. The first-order chi connectivity index (χ1) is 3.27. The molecule has 0 fully saturated rings. The minimum Gasteiger partial charge on any atom is -0.0652 e. The molecule has 0 rings (SSSR count). The molecule has 0 heterocycles. The van der Waals surface area contributed by atoms with Crippen LogP contribution in [0.1, 0.15) is 19.8 Å². The minimum atomic E-state index is -1.38. The topological polar surface area (TPSA) is 17.1 Å². The van der Waals surface area contributed by atoms with Crippen molar-refractivity contribution in [2.45, 2.75) is 19.8 Å². The summed E-state index contributed by atoms with van der Waals surface area (Å²) in [6.07, 6.45) is 2.74. The van der Waals surface area contributed by atoms with Crippen LogP contribution in [0.15, 0.2) is 0 Å². The van der Waals surface area contributed by atoms with Gasteiger partial charge in [0.15, 0.2) is 6.16 Å². The van der Waals surface area contributed by atoms with Crippen molar-refractivity contribution in [3.05, 3.63) is 0 Å². The zero-order chi connectivity index (χ0) is 5.70. The molecule has 0 bridgehead atoms. The lowest BCUT2D eigenvalue weighted by molar-refractivity contribution is 0.594. The van der Waals surface area contributed by atoms with Crippen LogP contribution in [-0.4, -0.2) is 6.16 Å². The molecule has 0 N–H and O–H groups in total. The van der Waals surface area contributed by atoms with Crippen LogP contribution in [0.2, 0.25) is 0 Å². The van der Waals surface area contributed by atoms with Crippen LogP contribution in [0.25, 0.3) is 0 Å². The van der Waals surface area contributed by atoms with E-state index in [2.05, 4.69) is 6.92 Å². The maximum Gasteiger partial charge on any atom is 0.454 e. The first-order valence-corrected chi connectivity index (χ1v) is 4.72. The number of hydrogen-bond acceptors (Lipinski definition) is 1. The summed E-state index contributed by atoms with van der Waals surface area (Å²) < 4.78 is 10.1. The van der Waals surface area contributed by atoms with Crippen LogP contribution >= 0.6 is 18.4 Å². The quantitative estimate of drug-likeness (QED) is 0.550. The second-order valence-corrected chi connectivity index (χ2v) is 3.61. The molecular formula is C4H9ClOP+. The monoisotopic (exact) mass is 139 g/mol. The SMILES string of the molecule is CCCC[P+](=O)Cl. The first kappa shape index (κ1) is 7.39. The lowest BCUT2D eigenvalue weighted by Crippen LogP contribution is -1.69. The highest BCUT2D eigenvalue weighted by Gasteiger charge is 2.06. The van der Waals surface area contributed by atoms with Gasteiger partial charge in [-0.25, -0.2) is 0 Å². The van der Waals surface area contributed by atoms with Crippen molar-refractivity contribution < 1.29 is 4.57 Å². The molecule has 0 aromatic carbocycles. The standard InChI is InChI=1S/C4H9ClOP/c1-2-3-4-7(5)6/h2-4H2,1H3/q+1. The Morgan fingerprint density at radius 1 is 1.71 bits per heavy atom. The third-order valence-electron chi connectivity index (χ3n) is 0.687. The molecule has 3 heteroatoms. The van der Waals surface area contributed by atoms with Gasteiger partial charge in [0.1, 0.15) is 0 Å². The van der Waals surface area contributed by atoms with Gasteiger partial charge in [-0.05, 0) is 6.42 Å². The molecule has 0 saturated carbocycles. The van der Waals surface area contributed by atoms with E-state index >= 15 is 0 Å². The Morgan fingerprint density at radius 3 is 2.43 bits per heavy atom. The highest BCUT2D eigenvalue weighted by molar-refractivity contribution is 7.73. The lowest BCUT2D eigenvalue weighted by atomic mass is 10.4. The van der Waals surface area contributed by atoms with Crippen molar-refractivity contribution >= 4 is 18.4 Å². The lowest BCUT2D eigenvalue weighted by Gasteiger charge is -1.75. The highest BCUT2D eigenvalue weighted by atomic mass is 35.7. The molecule has 1 unspecified atom stereocenters. The third kappa shape index (κ3) is 6.39. The Hall–Kier alpha value is 0.390. The van der Waals surface area contributed by atoms with Crippen molar-refractivity contribution in [1.29, 1.82) is 0 Å². The van der Waals surface area contributed by atoms with E-state index in [1.165, 1.54) is 0 Å². The van der Waals surface area contributed by atoms with Gasteiger partial charge in [-0.3, -0.25) is 0 Å². The van der Waals surface area contributed by atoms with Crippen LogP contribution in [0.5, 0.6) is 0 Å². The molecule has 0 aromatic rings. The van der Waals surface area contributed by atoms with Gasteiger partial charge in [0.2, 0.25) is 11.2 Å². The second kappa shape index (κ2) is 4.55. The zero-order valence-electron chi connectivity index (χ0n) is 4.35. The van der Waals surface area contributed by atoms with Crippen LogP contribution in [0.3, 0.4) is 0 Å². The van der Waals surface area contributed by atoms with Crippen molar-refractivity contribution in [2.75, 3.05) is 6.16 Å². The number of unbranched alkanes of at least 4 members (excludes halogenated alkanes) is 1. The highest BCUT2D eigenvalue weighted by Crippen LogP contribution is 2.26. The van der Waals surface area contributed by atoms with Gasteiger partial charge in [-0.1, -0.05) is 17.9 Å². The molecule has 1 nitrogen and oxygen atoms in total. The van der Waals surface area contributed by atoms with E-state index in [-0.39, 0.29) is 0 Å². The minimum absolute atomic E-state index is 0.674. The summed E-state index contributed by atoms with van der Waals surface area (Å²) in [5.74, 6) is 0. The first-order valence-electron chi connectivity index (χ1n) is 2.37. The van der Waals surface area contributed by atoms with E-state index in [0.29, 0.717) is 6.16 Å². The molecule has 0 radical (unpaired) electrons. The van der Waals surface area contributed by atoms with Crippen LogP contribution < -0.4 is 0 Å². The molecule has 0 spiro atoms. The average molecular weight is 140 g/mol. The summed E-state index contributed by atoms with van der Waals surface area (Å²) in [5, 5.41) is 0.